The van der Waals surface area contributed by atoms with E-state index >= 15 is 0 Å². The lowest BCUT2D eigenvalue weighted by Crippen LogP contribution is -2.40. The summed E-state index contributed by atoms with van der Waals surface area (Å²) >= 11 is 6.15. The molecule has 1 aliphatic rings. The van der Waals surface area contributed by atoms with Gasteiger partial charge in [0.1, 0.15) is 5.82 Å². The van der Waals surface area contributed by atoms with Crippen molar-refractivity contribution in [1.29, 1.82) is 0 Å². The van der Waals surface area contributed by atoms with Crippen molar-refractivity contribution in [2.24, 2.45) is 5.92 Å². The molecule has 1 aromatic heterocycles. The molecule has 0 aliphatic carbocycles. The summed E-state index contributed by atoms with van der Waals surface area (Å²) in [6, 6.07) is 2.68. The van der Waals surface area contributed by atoms with Crippen LogP contribution in [0.2, 0.25) is 5.02 Å². The molecule has 1 aliphatic heterocycles. The molecule has 2 rings (SSSR count). The SMILES string of the molecule is CNCc1cc(N2CCC(C)CC2C)ncc1Cl. The highest BCUT2D eigenvalue weighted by atomic mass is 35.5. The smallest absolute Gasteiger partial charge is 0.129 e. The van der Waals surface area contributed by atoms with E-state index < -0.39 is 0 Å². The number of hydrogen-bond donors (Lipinski definition) is 1. The van der Waals surface area contributed by atoms with Gasteiger partial charge in [-0.2, -0.15) is 0 Å². The second-order valence-corrected chi connectivity index (χ2v) is 5.74. The second kappa shape index (κ2) is 5.89. The minimum atomic E-state index is 0.560. The van der Waals surface area contributed by atoms with Crippen molar-refractivity contribution in [2.45, 2.75) is 39.3 Å². The Kier molecular flexibility index (Phi) is 4.46. The number of halogens is 1. The first-order chi connectivity index (χ1) is 8.61. The lowest BCUT2D eigenvalue weighted by atomic mass is 9.93. The van der Waals surface area contributed by atoms with Gasteiger partial charge in [0.2, 0.25) is 0 Å². The summed E-state index contributed by atoms with van der Waals surface area (Å²) in [4.78, 5) is 6.88. The summed E-state index contributed by atoms with van der Waals surface area (Å²) in [5.74, 6) is 1.88. The van der Waals surface area contributed by atoms with Gasteiger partial charge >= 0.3 is 0 Å². The fourth-order valence-electron chi connectivity index (χ4n) is 2.70. The fraction of sp³-hybridized carbons (Fsp3) is 0.643. The average molecular weight is 268 g/mol. The Bertz CT molecular complexity index is 408. The van der Waals surface area contributed by atoms with Crippen LogP contribution in [0.5, 0.6) is 0 Å². The molecule has 100 valence electrons. The number of anilines is 1. The second-order valence-electron chi connectivity index (χ2n) is 5.34. The van der Waals surface area contributed by atoms with Crippen LogP contribution in [0.3, 0.4) is 0 Å². The van der Waals surface area contributed by atoms with E-state index in [1.165, 1.54) is 12.8 Å². The normalized spacial score (nSPS) is 24.3. The van der Waals surface area contributed by atoms with E-state index in [2.05, 4.69) is 35.1 Å². The Hall–Kier alpha value is -0.800. The third kappa shape index (κ3) is 2.96. The Morgan fingerprint density at radius 3 is 2.94 bits per heavy atom. The van der Waals surface area contributed by atoms with Crippen LogP contribution in [0.4, 0.5) is 5.82 Å². The maximum atomic E-state index is 6.15. The molecule has 4 heteroatoms. The molecular weight excluding hydrogens is 246 g/mol. The predicted molar refractivity (Wildman–Crippen MR) is 77.2 cm³/mol. The van der Waals surface area contributed by atoms with Crippen LogP contribution in [-0.4, -0.2) is 24.6 Å². The number of piperidine rings is 1. The van der Waals surface area contributed by atoms with Gasteiger partial charge in [-0.3, -0.25) is 0 Å². The highest BCUT2D eigenvalue weighted by Crippen LogP contribution is 2.28. The van der Waals surface area contributed by atoms with Crippen LogP contribution in [0.25, 0.3) is 0 Å². The van der Waals surface area contributed by atoms with Crippen LogP contribution in [-0.2, 0) is 6.54 Å². The van der Waals surface area contributed by atoms with E-state index in [9.17, 15) is 0 Å². The van der Waals surface area contributed by atoms with Gasteiger partial charge in [-0.25, -0.2) is 4.98 Å². The van der Waals surface area contributed by atoms with Crippen LogP contribution in [0, 0.1) is 5.92 Å². The molecule has 1 saturated heterocycles. The molecule has 18 heavy (non-hydrogen) atoms. The molecule has 0 bridgehead atoms. The van der Waals surface area contributed by atoms with Crippen molar-refractivity contribution in [1.82, 2.24) is 10.3 Å². The average Bonchev–Trinajstić information content (AvgIpc) is 2.33. The van der Waals surface area contributed by atoms with Crippen LogP contribution >= 0.6 is 11.6 Å². The first-order valence-corrected chi connectivity index (χ1v) is 7.05. The van der Waals surface area contributed by atoms with Crippen LogP contribution in [0.15, 0.2) is 12.3 Å². The first-order valence-electron chi connectivity index (χ1n) is 6.67. The molecule has 0 aromatic carbocycles. The van der Waals surface area contributed by atoms with Crippen LogP contribution in [0.1, 0.15) is 32.3 Å². The van der Waals surface area contributed by atoms with Crippen molar-refractivity contribution >= 4 is 17.4 Å². The summed E-state index contributed by atoms with van der Waals surface area (Å²) in [7, 11) is 1.93. The van der Waals surface area contributed by atoms with E-state index in [-0.39, 0.29) is 0 Å². The number of nitrogens with zero attached hydrogens (tertiary/aromatic N) is 2. The maximum Gasteiger partial charge on any atom is 0.129 e. The van der Waals surface area contributed by atoms with Gasteiger partial charge in [-0.15, -0.1) is 0 Å². The zero-order chi connectivity index (χ0) is 13.1. The Balaban J connectivity index is 2.20. The number of rotatable bonds is 3. The van der Waals surface area contributed by atoms with Gasteiger partial charge in [-0.05, 0) is 44.4 Å². The van der Waals surface area contributed by atoms with E-state index in [4.69, 9.17) is 11.6 Å². The lowest BCUT2D eigenvalue weighted by molar-refractivity contribution is 0.376. The molecule has 0 spiro atoms. The van der Waals surface area contributed by atoms with E-state index in [1.807, 2.05) is 7.05 Å². The lowest BCUT2D eigenvalue weighted by Gasteiger charge is -2.37. The largest absolute Gasteiger partial charge is 0.354 e. The first kappa shape index (κ1) is 13.6. The van der Waals surface area contributed by atoms with E-state index in [1.54, 1.807) is 6.20 Å². The van der Waals surface area contributed by atoms with E-state index in [0.29, 0.717) is 6.04 Å². The quantitative estimate of drug-likeness (QED) is 0.912. The van der Waals surface area contributed by atoms with Gasteiger partial charge in [0, 0.05) is 25.3 Å². The predicted octanol–water partition coefficient (Wildman–Crippen LogP) is 3.08. The highest BCUT2D eigenvalue weighted by Gasteiger charge is 2.24. The molecular formula is C14H22ClN3. The summed E-state index contributed by atoms with van der Waals surface area (Å²) in [6.45, 7) is 6.49. The highest BCUT2D eigenvalue weighted by molar-refractivity contribution is 6.31. The number of hydrogen-bond acceptors (Lipinski definition) is 3. The van der Waals surface area contributed by atoms with Crippen molar-refractivity contribution in [2.75, 3.05) is 18.5 Å². The third-order valence-corrected chi connectivity index (χ3v) is 4.06. The Morgan fingerprint density at radius 2 is 2.28 bits per heavy atom. The topological polar surface area (TPSA) is 28.2 Å². The summed E-state index contributed by atoms with van der Waals surface area (Å²) in [6.07, 6.45) is 4.26. The summed E-state index contributed by atoms with van der Waals surface area (Å²) < 4.78 is 0. The number of nitrogens with one attached hydrogen (secondary N) is 1. The van der Waals surface area contributed by atoms with Gasteiger partial charge < -0.3 is 10.2 Å². The van der Waals surface area contributed by atoms with Crippen LogP contribution < -0.4 is 10.2 Å². The molecule has 0 radical (unpaired) electrons. The summed E-state index contributed by atoms with van der Waals surface area (Å²) in [5, 5.41) is 3.88. The zero-order valence-electron chi connectivity index (χ0n) is 11.4. The Labute approximate surface area is 115 Å². The molecule has 2 unspecified atom stereocenters. The fourth-order valence-corrected chi connectivity index (χ4v) is 2.87. The molecule has 2 heterocycles. The van der Waals surface area contributed by atoms with Crippen molar-refractivity contribution in [3.05, 3.63) is 22.8 Å². The van der Waals surface area contributed by atoms with Crippen molar-refractivity contribution < 1.29 is 0 Å². The molecule has 1 aromatic rings. The number of aromatic nitrogens is 1. The number of pyridine rings is 1. The molecule has 3 nitrogen and oxygen atoms in total. The van der Waals surface area contributed by atoms with Gasteiger partial charge in [0.25, 0.3) is 0 Å². The third-order valence-electron chi connectivity index (χ3n) is 3.72. The monoisotopic (exact) mass is 267 g/mol. The molecule has 2 atom stereocenters. The molecule has 1 N–H and O–H groups in total. The minimum Gasteiger partial charge on any atom is -0.354 e. The standard InChI is InChI=1S/C14H22ClN3/c1-10-4-5-18(11(2)6-10)14-7-12(8-16-3)13(15)9-17-14/h7,9-11,16H,4-6,8H2,1-3H3. The molecule has 0 saturated carbocycles. The van der Waals surface area contributed by atoms with Gasteiger partial charge in [-0.1, -0.05) is 18.5 Å². The zero-order valence-corrected chi connectivity index (χ0v) is 12.2. The van der Waals surface area contributed by atoms with Crippen molar-refractivity contribution in [3.8, 4) is 0 Å². The summed E-state index contributed by atoms with van der Waals surface area (Å²) in [5.41, 5.74) is 1.12. The maximum absolute atomic E-state index is 6.15. The van der Waals surface area contributed by atoms with E-state index in [0.717, 1.165) is 35.4 Å². The van der Waals surface area contributed by atoms with Gasteiger partial charge in [0.15, 0.2) is 0 Å². The molecule has 0 amide bonds. The van der Waals surface area contributed by atoms with Crippen molar-refractivity contribution in [3.63, 3.8) is 0 Å². The Morgan fingerprint density at radius 1 is 1.50 bits per heavy atom. The minimum absolute atomic E-state index is 0.560. The van der Waals surface area contributed by atoms with Gasteiger partial charge in [0.05, 0.1) is 5.02 Å². The molecule has 1 fully saturated rings.